The van der Waals surface area contributed by atoms with Gasteiger partial charge in [-0.25, -0.2) is 0 Å². The number of nitrogens with zero attached hydrogens (tertiary/aromatic N) is 2. The van der Waals surface area contributed by atoms with E-state index in [9.17, 15) is 9.59 Å². The van der Waals surface area contributed by atoms with E-state index in [4.69, 9.17) is 12.2 Å². The summed E-state index contributed by atoms with van der Waals surface area (Å²) in [5.41, 5.74) is 0.640. The quantitative estimate of drug-likeness (QED) is 0.306. The average Bonchev–Trinajstić information content (AvgIpc) is 2.61. The zero-order valence-electron chi connectivity index (χ0n) is 14.7. The molecule has 6 nitrogen and oxygen atoms in total. The highest BCUT2D eigenvalue weighted by atomic mass is 32.1. The van der Waals surface area contributed by atoms with Gasteiger partial charge in [-0.15, -0.1) is 0 Å². The van der Waals surface area contributed by atoms with Crippen LogP contribution in [-0.2, 0) is 9.59 Å². The molecule has 7 heteroatoms. The first-order valence-electron chi connectivity index (χ1n) is 8.65. The third-order valence-electron chi connectivity index (χ3n) is 4.29. The lowest BCUT2D eigenvalue weighted by Crippen LogP contribution is -3.11. The van der Waals surface area contributed by atoms with Crippen LogP contribution in [0.1, 0.15) is 20.3 Å². The number of nitrogens with one attached hydrogen (secondary N) is 2. The molecule has 1 aliphatic heterocycles. The summed E-state index contributed by atoms with van der Waals surface area (Å²) in [7, 11) is 0. The molecular weight excluding hydrogens is 336 g/mol. The molecule has 1 aromatic carbocycles. The molecule has 1 saturated heterocycles. The van der Waals surface area contributed by atoms with Crippen LogP contribution in [0, 0.1) is 5.92 Å². The lowest BCUT2D eigenvalue weighted by molar-refractivity contribution is -0.896. The number of quaternary nitrogens is 1. The van der Waals surface area contributed by atoms with Crippen molar-refractivity contribution in [3.63, 3.8) is 0 Å². The van der Waals surface area contributed by atoms with Gasteiger partial charge in [-0.3, -0.25) is 19.5 Å². The van der Waals surface area contributed by atoms with Gasteiger partial charge in [0.1, 0.15) is 0 Å². The molecule has 2 amide bonds. The second kappa shape index (κ2) is 9.39. The van der Waals surface area contributed by atoms with E-state index in [1.165, 1.54) is 16.0 Å². The van der Waals surface area contributed by atoms with Crippen molar-refractivity contribution in [1.29, 1.82) is 0 Å². The molecule has 1 unspecified atom stereocenters. The van der Waals surface area contributed by atoms with Crippen molar-refractivity contribution in [2.24, 2.45) is 10.9 Å². The van der Waals surface area contributed by atoms with E-state index in [1.807, 2.05) is 18.2 Å². The minimum atomic E-state index is -0.937. The molecule has 2 N–H and O–H groups in total. The molecule has 0 aliphatic carbocycles. The molecule has 25 heavy (non-hydrogen) atoms. The molecule has 0 bridgehead atoms. The van der Waals surface area contributed by atoms with E-state index in [0.29, 0.717) is 12.2 Å². The number of para-hydroxylation sites is 1. The van der Waals surface area contributed by atoms with Gasteiger partial charge in [0.25, 0.3) is 5.91 Å². The number of amides is 2. The van der Waals surface area contributed by atoms with Crippen LogP contribution in [0.3, 0.4) is 0 Å². The van der Waals surface area contributed by atoms with Crippen molar-refractivity contribution in [2.75, 3.05) is 31.1 Å². The number of anilines is 1. The first-order valence-corrected chi connectivity index (χ1v) is 9.06. The third-order valence-corrected chi connectivity index (χ3v) is 4.57. The molecule has 1 fully saturated rings. The van der Waals surface area contributed by atoms with E-state index in [-0.39, 0.29) is 11.0 Å². The minimum Gasteiger partial charge on any atom is -0.335 e. The first kappa shape index (κ1) is 19.2. The Morgan fingerprint density at radius 1 is 1.24 bits per heavy atom. The van der Waals surface area contributed by atoms with Crippen molar-refractivity contribution in [3.05, 3.63) is 30.3 Å². The van der Waals surface area contributed by atoms with E-state index >= 15 is 0 Å². The number of carbonyl (C=O) groups is 2. The number of hydrogen-bond acceptors (Lipinski definition) is 4. The van der Waals surface area contributed by atoms with Crippen molar-refractivity contribution >= 4 is 41.0 Å². The fourth-order valence-corrected chi connectivity index (χ4v) is 3.04. The Bertz CT molecular complexity index is 644. The lowest BCUT2D eigenvalue weighted by atomic mass is 10.1. The predicted octanol–water partition coefficient (Wildman–Crippen LogP) is 0.436. The van der Waals surface area contributed by atoms with Gasteiger partial charge in [0, 0.05) is 19.2 Å². The van der Waals surface area contributed by atoms with E-state index < -0.39 is 11.8 Å². The predicted molar refractivity (Wildman–Crippen MR) is 103 cm³/mol. The van der Waals surface area contributed by atoms with Crippen LogP contribution in [0.5, 0.6) is 0 Å². The Hall–Kier alpha value is -2.12. The van der Waals surface area contributed by atoms with Gasteiger partial charge in [0.05, 0.1) is 25.3 Å². The maximum absolute atomic E-state index is 12.7. The maximum Gasteiger partial charge on any atom is 0.251 e. The van der Waals surface area contributed by atoms with Gasteiger partial charge in [0.2, 0.25) is 5.91 Å². The molecular formula is C18H25N4O2S+. The Morgan fingerprint density at radius 2 is 1.92 bits per heavy atom. The van der Waals surface area contributed by atoms with Gasteiger partial charge in [0.15, 0.2) is 11.0 Å². The van der Waals surface area contributed by atoms with Gasteiger partial charge in [-0.2, -0.15) is 0 Å². The zero-order chi connectivity index (χ0) is 18.2. The van der Waals surface area contributed by atoms with Gasteiger partial charge < -0.3 is 10.2 Å². The van der Waals surface area contributed by atoms with Crippen LogP contribution < -0.4 is 15.1 Å². The summed E-state index contributed by atoms with van der Waals surface area (Å²) in [4.78, 5) is 32.0. The molecule has 1 heterocycles. The number of thiocarbonyl (C=S) groups is 1. The van der Waals surface area contributed by atoms with Crippen LogP contribution in [0.25, 0.3) is 0 Å². The molecule has 0 radical (unpaired) electrons. The van der Waals surface area contributed by atoms with E-state index in [0.717, 1.165) is 26.1 Å². The molecule has 1 aromatic rings. The first-order chi connectivity index (χ1) is 12.1. The maximum atomic E-state index is 12.7. The number of rotatable bonds is 8. The summed E-state index contributed by atoms with van der Waals surface area (Å²) in [6.45, 7) is 8.15. The molecule has 2 rings (SSSR count). The summed E-state index contributed by atoms with van der Waals surface area (Å²) in [6.07, 6.45) is 2.38. The van der Waals surface area contributed by atoms with E-state index in [1.54, 1.807) is 12.1 Å². The number of carbonyl (C=O) groups excluding carboxylic acids is 2. The van der Waals surface area contributed by atoms with Crippen molar-refractivity contribution in [1.82, 2.24) is 5.32 Å². The summed E-state index contributed by atoms with van der Waals surface area (Å²) in [5, 5.41) is 2.70. The van der Waals surface area contributed by atoms with Crippen molar-refractivity contribution in [2.45, 2.75) is 20.3 Å². The van der Waals surface area contributed by atoms with Gasteiger partial charge in [-0.1, -0.05) is 18.2 Å². The molecule has 0 aromatic heterocycles. The highest BCUT2D eigenvalue weighted by Gasteiger charge is 2.38. The largest absolute Gasteiger partial charge is 0.335 e. The number of benzene rings is 1. The lowest BCUT2D eigenvalue weighted by Gasteiger charge is -2.30. The molecule has 0 spiro atoms. The number of aliphatic imine (C=N–C) groups is 1. The smallest absolute Gasteiger partial charge is 0.251 e. The summed E-state index contributed by atoms with van der Waals surface area (Å²) in [6, 6.07) is 9.06. The molecule has 1 atom stereocenters. The van der Waals surface area contributed by atoms with Crippen LogP contribution in [0.2, 0.25) is 0 Å². The van der Waals surface area contributed by atoms with Crippen molar-refractivity contribution < 1.29 is 14.5 Å². The molecule has 1 aliphatic rings. The molecule has 134 valence electrons. The number of hydrogen-bond donors (Lipinski definition) is 2. The van der Waals surface area contributed by atoms with E-state index in [2.05, 4.69) is 24.2 Å². The SMILES string of the molecule is CC[NH+](CC)CCCN=CC1C(=O)NC(=S)N(c2ccccc2)C1=O. The monoisotopic (exact) mass is 361 g/mol. The van der Waals surface area contributed by atoms with Gasteiger partial charge >= 0.3 is 0 Å². The fourth-order valence-electron chi connectivity index (χ4n) is 2.75. The Balaban J connectivity index is 2.00. The average molecular weight is 361 g/mol. The fraction of sp³-hybridized carbons (Fsp3) is 0.444. The highest BCUT2D eigenvalue weighted by Crippen LogP contribution is 2.19. The van der Waals surface area contributed by atoms with Crippen molar-refractivity contribution in [3.8, 4) is 0 Å². The standard InChI is InChI=1S/C18H24N4O2S/c1-3-21(4-2)12-8-11-19-13-15-16(23)20-18(25)22(17(15)24)14-9-6-5-7-10-14/h5-7,9-10,13,15H,3-4,8,11-12H2,1-2H3,(H,20,23,25)/p+1. The van der Waals surface area contributed by atoms with Crippen LogP contribution in [0.4, 0.5) is 5.69 Å². The second-order valence-corrected chi connectivity index (χ2v) is 6.28. The Labute approximate surface area is 153 Å². The van der Waals surface area contributed by atoms with Crippen LogP contribution in [0.15, 0.2) is 35.3 Å². The van der Waals surface area contributed by atoms with Crippen LogP contribution in [-0.4, -0.2) is 49.3 Å². The minimum absolute atomic E-state index is 0.107. The summed E-state index contributed by atoms with van der Waals surface area (Å²) >= 11 is 5.15. The highest BCUT2D eigenvalue weighted by molar-refractivity contribution is 7.80. The molecule has 0 saturated carbocycles. The third kappa shape index (κ3) is 4.93. The Morgan fingerprint density at radius 3 is 2.56 bits per heavy atom. The zero-order valence-corrected chi connectivity index (χ0v) is 15.5. The Kier molecular flexibility index (Phi) is 7.21. The summed E-state index contributed by atoms with van der Waals surface area (Å²) < 4.78 is 0. The topological polar surface area (TPSA) is 66.2 Å². The van der Waals surface area contributed by atoms with Gasteiger partial charge in [-0.05, 0) is 38.2 Å². The summed E-state index contributed by atoms with van der Waals surface area (Å²) in [5.74, 6) is -1.72. The second-order valence-electron chi connectivity index (χ2n) is 5.90. The van der Waals surface area contributed by atoms with Crippen LogP contribution >= 0.6 is 12.2 Å². The normalized spacial score (nSPS) is 18.3.